The summed E-state index contributed by atoms with van der Waals surface area (Å²) in [5, 5.41) is 7.83. The van der Waals surface area contributed by atoms with Crippen molar-refractivity contribution in [2.24, 2.45) is 4.99 Å². The highest BCUT2D eigenvalue weighted by atomic mass is 32.2. The van der Waals surface area contributed by atoms with E-state index in [9.17, 15) is 8.42 Å². The molecule has 0 unspecified atom stereocenters. The molecule has 0 saturated carbocycles. The van der Waals surface area contributed by atoms with Crippen LogP contribution in [-0.2, 0) is 16.4 Å². The van der Waals surface area contributed by atoms with Gasteiger partial charge in [0.15, 0.2) is 5.96 Å². The Bertz CT molecular complexity index is 845. The van der Waals surface area contributed by atoms with Gasteiger partial charge >= 0.3 is 0 Å². The molecule has 1 heterocycles. The SMILES string of the molecule is CCNC(=NCCCN(C)S(=O)(=O)CC)NCCc1c[nH]c2ccccc12. The van der Waals surface area contributed by atoms with E-state index in [4.69, 9.17) is 0 Å². The molecule has 0 amide bonds. The third kappa shape index (κ3) is 6.25. The minimum atomic E-state index is -3.12. The van der Waals surface area contributed by atoms with Gasteiger partial charge in [-0.15, -0.1) is 0 Å². The lowest BCUT2D eigenvalue weighted by atomic mass is 10.1. The summed E-state index contributed by atoms with van der Waals surface area (Å²) >= 11 is 0. The summed E-state index contributed by atoms with van der Waals surface area (Å²) in [5.41, 5.74) is 2.43. The van der Waals surface area contributed by atoms with Crippen molar-refractivity contribution in [1.29, 1.82) is 0 Å². The number of fused-ring (bicyclic) bond motifs is 1. The van der Waals surface area contributed by atoms with E-state index < -0.39 is 10.0 Å². The maximum Gasteiger partial charge on any atom is 0.213 e. The number of nitrogens with zero attached hydrogens (tertiary/aromatic N) is 2. The molecule has 27 heavy (non-hydrogen) atoms. The summed E-state index contributed by atoms with van der Waals surface area (Å²) in [7, 11) is -1.50. The number of aromatic nitrogens is 1. The molecule has 3 N–H and O–H groups in total. The summed E-state index contributed by atoms with van der Waals surface area (Å²) in [4.78, 5) is 7.83. The van der Waals surface area contributed by atoms with Crippen molar-refractivity contribution in [1.82, 2.24) is 19.9 Å². The first kappa shape index (κ1) is 21.2. The van der Waals surface area contributed by atoms with E-state index >= 15 is 0 Å². The van der Waals surface area contributed by atoms with E-state index in [1.54, 1.807) is 14.0 Å². The highest BCUT2D eigenvalue weighted by Gasteiger charge is 2.13. The first-order chi connectivity index (χ1) is 13.0. The Morgan fingerprint density at radius 1 is 1.22 bits per heavy atom. The number of rotatable bonds is 10. The van der Waals surface area contributed by atoms with E-state index in [0.717, 1.165) is 31.0 Å². The quantitative estimate of drug-likeness (QED) is 0.327. The summed E-state index contributed by atoms with van der Waals surface area (Å²) < 4.78 is 24.9. The Hall–Kier alpha value is -2.06. The van der Waals surface area contributed by atoms with Gasteiger partial charge in [-0.1, -0.05) is 18.2 Å². The molecule has 0 aliphatic rings. The van der Waals surface area contributed by atoms with E-state index in [1.807, 2.05) is 19.1 Å². The van der Waals surface area contributed by atoms with Crippen LogP contribution >= 0.6 is 0 Å². The molecule has 1 aromatic carbocycles. The van der Waals surface area contributed by atoms with Gasteiger partial charge in [0, 0.05) is 50.3 Å². The van der Waals surface area contributed by atoms with Crippen LogP contribution in [0.15, 0.2) is 35.5 Å². The van der Waals surface area contributed by atoms with Gasteiger partial charge in [-0.25, -0.2) is 12.7 Å². The number of hydrogen-bond donors (Lipinski definition) is 3. The molecule has 1 aromatic heterocycles. The molecule has 0 saturated heterocycles. The zero-order valence-electron chi connectivity index (χ0n) is 16.5. The van der Waals surface area contributed by atoms with Crippen LogP contribution in [0.2, 0.25) is 0 Å². The number of hydrogen-bond acceptors (Lipinski definition) is 3. The standard InChI is InChI=1S/C19H31N5O2S/c1-4-20-19(21-12-8-14-24(3)27(25,26)5-2)22-13-11-16-15-23-18-10-7-6-9-17(16)18/h6-7,9-10,15,23H,4-5,8,11-14H2,1-3H3,(H2,20,21,22). The number of para-hydroxylation sites is 1. The number of guanidine groups is 1. The number of H-pyrrole nitrogens is 1. The van der Waals surface area contributed by atoms with Crippen LogP contribution in [0.25, 0.3) is 10.9 Å². The number of aromatic amines is 1. The summed E-state index contributed by atoms with van der Waals surface area (Å²) in [6, 6.07) is 8.28. The van der Waals surface area contributed by atoms with Crippen LogP contribution in [0, 0.1) is 0 Å². The largest absolute Gasteiger partial charge is 0.361 e. The summed E-state index contributed by atoms with van der Waals surface area (Å²) in [5.74, 6) is 0.892. The predicted molar refractivity (Wildman–Crippen MR) is 113 cm³/mol. The van der Waals surface area contributed by atoms with Gasteiger partial charge in [0.2, 0.25) is 10.0 Å². The average molecular weight is 394 g/mol. The smallest absolute Gasteiger partial charge is 0.213 e. The maximum absolute atomic E-state index is 11.7. The molecule has 0 atom stereocenters. The van der Waals surface area contributed by atoms with E-state index in [-0.39, 0.29) is 5.75 Å². The third-order valence-corrected chi connectivity index (χ3v) is 6.31. The van der Waals surface area contributed by atoms with Crippen molar-refractivity contribution in [2.45, 2.75) is 26.7 Å². The highest BCUT2D eigenvalue weighted by molar-refractivity contribution is 7.89. The summed E-state index contributed by atoms with van der Waals surface area (Å²) in [6.45, 7) is 6.30. The van der Waals surface area contributed by atoms with Crippen LogP contribution in [0.5, 0.6) is 0 Å². The third-order valence-electron chi connectivity index (χ3n) is 4.45. The van der Waals surface area contributed by atoms with Crippen molar-refractivity contribution in [3.8, 4) is 0 Å². The van der Waals surface area contributed by atoms with Crippen LogP contribution in [-0.4, -0.2) is 62.6 Å². The number of sulfonamides is 1. The molecule has 0 bridgehead atoms. The lowest BCUT2D eigenvalue weighted by Crippen LogP contribution is -2.38. The van der Waals surface area contributed by atoms with Crippen molar-refractivity contribution in [2.75, 3.05) is 39.0 Å². The molecular formula is C19H31N5O2S. The van der Waals surface area contributed by atoms with Crippen LogP contribution in [0.3, 0.4) is 0 Å². The minimum absolute atomic E-state index is 0.130. The fourth-order valence-electron chi connectivity index (χ4n) is 2.84. The number of aliphatic imine (C=N–C) groups is 1. The van der Waals surface area contributed by atoms with E-state index in [1.165, 1.54) is 15.3 Å². The van der Waals surface area contributed by atoms with Crippen LogP contribution < -0.4 is 10.6 Å². The zero-order valence-corrected chi connectivity index (χ0v) is 17.3. The molecule has 8 heteroatoms. The molecule has 0 spiro atoms. The lowest BCUT2D eigenvalue weighted by Gasteiger charge is -2.15. The Balaban J connectivity index is 1.81. The Morgan fingerprint density at radius 2 is 2.00 bits per heavy atom. The molecule has 2 aromatic rings. The highest BCUT2D eigenvalue weighted by Crippen LogP contribution is 2.17. The van der Waals surface area contributed by atoms with Crippen molar-refractivity contribution in [3.05, 3.63) is 36.0 Å². The Kier molecular flexibility index (Phi) is 8.12. The molecule has 0 radical (unpaired) electrons. The fourth-order valence-corrected chi connectivity index (χ4v) is 3.69. The van der Waals surface area contributed by atoms with E-state index in [0.29, 0.717) is 19.5 Å². The van der Waals surface area contributed by atoms with Crippen molar-refractivity contribution >= 4 is 26.9 Å². The summed E-state index contributed by atoms with van der Waals surface area (Å²) in [6.07, 6.45) is 3.64. The Labute approximate surface area is 162 Å². The molecule has 7 nitrogen and oxygen atoms in total. The first-order valence-electron chi connectivity index (χ1n) is 9.49. The van der Waals surface area contributed by atoms with E-state index in [2.05, 4.69) is 38.9 Å². The predicted octanol–water partition coefficient (Wildman–Crippen LogP) is 1.94. The molecule has 0 fully saturated rings. The van der Waals surface area contributed by atoms with Crippen LogP contribution in [0.4, 0.5) is 0 Å². The topological polar surface area (TPSA) is 89.6 Å². The molecule has 0 aliphatic heterocycles. The zero-order chi connectivity index (χ0) is 19.7. The van der Waals surface area contributed by atoms with Gasteiger partial charge in [-0.2, -0.15) is 0 Å². The average Bonchev–Trinajstić information content (AvgIpc) is 3.08. The van der Waals surface area contributed by atoms with Crippen LogP contribution in [0.1, 0.15) is 25.8 Å². The van der Waals surface area contributed by atoms with Gasteiger partial charge in [0.1, 0.15) is 0 Å². The lowest BCUT2D eigenvalue weighted by molar-refractivity contribution is 0.465. The molecule has 0 aliphatic carbocycles. The molecular weight excluding hydrogens is 362 g/mol. The van der Waals surface area contributed by atoms with Gasteiger partial charge < -0.3 is 15.6 Å². The minimum Gasteiger partial charge on any atom is -0.361 e. The van der Waals surface area contributed by atoms with Gasteiger partial charge in [0.25, 0.3) is 0 Å². The normalized spacial score (nSPS) is 12.7. The Morgan fingerprint density at radius 3 is 2.74 bits per heavy atom. The second-order valence-corrected chi connectivity index (χ2v) is 8.74. The van der Waals surface area contributed by atoms with Gasteiger partial charge in [-0.05, 0) is 38.3 Å². The second kappa shape index (κ2) is 10.3. The van der Waals surface area contributed by atoms with Crippen molar-refractivity contribution < 1.29 is 8.42 Å². The van der Waals surface area contributed by atoms with Gasteiger partial charge in [-0.3, -0.25) is 4.99 Å². The number of nitrogens with one attached hydrogen (secondary N) is 3. The van der Waals surface area contributed by atoms with Crippen molar-refractivity contribution in [3.63, 3.8) is 0 Å². The molecule has 2 rings (SSSR count). The second-order valence-electron chi connectivity index (χ2n) is 6.37. The first-order valence-corrected chi connectivity index (χ1v) is 11.1. The fraction of sp³-hybridized carbons (Fsp3) is 0.526. The monoisotopic (exact) mass is 393 g/mol. The maximum atomic E-state index is 11.7. The van der Waals surface area contributed by atoms with Gasteiger partial charge in [0.05, 0.1) is 5.75 Å². The number of benzene rings is 1. The molecule has 150 valence electrons.